The first kappa shape index (κ1) is 24.6. The van der Waals surface area contributed by atoms with Crippen molar-refractivity contribution in [1.29, 1.82) is 0 Å². The van der Waals surface area contributed by atoms with Gasteiger partial charge in [0.25, 0.3) is 0 Å². The van der Waals surface area contributed by atoms with E-state index in [0.717, 1.165) is 35.5 Å². The minimum Gasteiger partial charge on any atom is -0.497 e. The van der Waals surface area contributed by atoms with Crippen LogP contribution >= 0.6 is 35.3 Å². The van der Waals surface area contributed by atoms with Gasteiger partial charge in [0.2, 0.25) is 0 Å². The molecule has 0 aliphatic rings. The van der Waals surface area contributed by atoms with Crippen LogP contribution in [-0.2, 0) is 6.54 Å². The van der Waals surface area contributed by atoms with Crippen LogP contribution in [0.4, 0.5) is 0 Å². The molecule has 0 saturated carbocycles. The lowest BCUT2D eigenvalue weighted by molar-refractivity contribution is 0.304. The first-order chi connectivity index (χ1) is 12.9. The summed E-state index contributed by atoms with van der Waals surface area (Å²) >= 11 is 1.68. The average Bonchev–Trinajstić information content (AvgIpc) is 3.05. The minimum absolute atomic E-state index is 0. The molecule has 0 radical (unpaired) electrons. The largest absolute Gasteiger partial charge is 0.497 e. The van der Waals surface area contributed by atoms with Crippen LogP contribution in [0.1, 0.15) is 29.2 Å². The first-order valence-corrected chi connectivity index (χ1v) is 10.0. The zero-order valence-electron chi connectivity index (χ0n) is 17.6. The molecule has 1 atom stereocenters. The van der Waals surface area contributed by atoms with Crippen molar-refractivity contribution >= 4 is 41.3 Å². The highest BCUT2D eigenvalue weighted by Crippen LogP contribution is 2.23. The van der Waals surface area contributed by atoms with Gasteiger partial charge in [-0.2, -0.15) is 0 Å². The topological polar surface area (TPSA) is 53.0 Å². The number of thiazole rings is 1. The number of aliphatic imine (C=N–C) groups is 1. The molecule has 1 N–H and O–H groups in total. The van der Waals surface area contributed by atoms with Crippen LogP contribution < -0.4 is 10.1 Å². The normalized spacial score (nSPS) is 12.5. The van der Waals surface area contributed by atoms with Crippen LogP contribution in [0.15, 0.2) is 34.6 Å². The number of ether oxygens (including phenoxy) is 1. The highest BCUT2D eigenvalue weighted by molar-refractivity contribution is 14.0. The molecule has 6 nitrogen and oxygen atoms in total. The van der Waals surface area contributed by atoms with E-state index < -0.39 is 0 Å². The summed E-state index contributed by atoms with van der Waals surface area (Å²) in [6, 6.07) is 8.36. The van der Waals surface area contributed by atoms with Crippen LogP contribution in [0.3, 0.4) is 0 Å². The van der Waals surface area contributed by atoms with Gasteiger partial charge in [0.1, 0.15) is 5.75 Å². The molecule has 0 aliphatic carbocycles. The fraction of sp³-hybridized carbons (Fsp3) is 0.500. The molecule has 0 bridgehead atoms. The minimum atomic E-state index is 0. The van der Waals surface area contributed by atoms with E-state index in [9.17, 15) is 0 Å². The molecule has 0 aliphatic heterocycles. The monoisotopic (exact) mass is 517 g/mol. The molecule has 1 unspecified atom stereocenters. The van der Waals surface area contributed by atoms with Gasteiger partial charge in [0.15, 0.2) is 5.96 Å². The maximum atomic E-state index is 5.37. The second kappa shape index (κ2) is 12.2. The molecular weight excluding hydrogens is 485 g/mol. The summed E-state index contributed by atoms with van der Waals surface area (Å²) in [7, 11) is 7.90. The van der Waals surface area contributed by atoms with Crippen molar-refractivity contribution in [3.8, 4) is 5.75 Å². The third-order valence-corrected chi connectivity index (χ3v) is 5.10. The average molecular weight is 517 g/mol. The van der Waals surface area contributed by atoms with E-state index in [0.29, 0.717) is 6.54 Å². The Hall–Kier alpha value is -1.39. The molecule has 0 amide bonds. The highest BCUT2D eigenvalue weighted by atomic mass is 127. The molecule has 28 heavy (non-hydrogen) atoms. The zero-order valence-corrected chi connectivity index (χ0v) is 20.7. The number of hydrogen-bond acceptors (Lipinski definition) is 5. The number of guanidine groups is 1. The lowest BCUT2D eigenvalue weighted by Crippen LogP contribution is -2.39. The Bertz CT molecular complexity index is 750. The smallest absolute Gasteiger partial charge is 0.194 e. The summed E-state index contributed by atoms with van der Waals surface area (Å²) < 4.78 is 5.37. The first-order valence-electron chi connectivity index (χ1n) is 9.15. The SMILES string of the molecule is CCNC(=NCC(c1cccc(OC)c1)N(C)C)N(C)Cc1csc(C)n1.I. The van der Waals surface area contributed by atoms with E-state index in [-0.39, 0.29) is 30.0 Å². The van der Waals surface area contributed by atoms with E-state index in [1.54, 1.807) is 18.4 Å². The van der Waals surface area contributed by atoms with E-state index >= 15 is 0 Å². The molecule has 1 aromatic carbocycles. The number of nitrogens with zero attached hydrogens (tertiary/aromatic N) is 4. The van der Waals surface area contributed by atoms with Gasteiger partial charge in [-0.25, -0.2) is 4.98 Å². The number of rotatable bonds is 8. The highest BCUT2D eigenvalue weighted by Gasteiger charge is 2.16. The Labute approximate surface area is 190 Å². The van der Waals surface area contributed by atoms with Crippen LogP contribution in [-0.4, -0.2) is 62.1 Å². The fourth-order valence-corrected chi connectivity index (χ4v) is 3.46. The number of likely N-dealkylation sites (N-methyl/N-ethyl adjacent to an activating group) is 1. The maximum Gasteiger partial charge on any atom is 0.194 e. The van der Waals surface area contributed by atoms with Crippen LogP contribution in [0, 0.1) is 6.92 Å². The summed E-state index contributed by atoms with van der Waals surface area (Å²) in [5.41, 5.74) is 2.26. The maximum absolute atomic E-state index is 5.37. The number of aromatic nitrogens is 1. The number of halogens is 1. The summed E-state index contributed by atoms with van der Waals surface area (Å²) in [6.07, 6.45) is 0. The van der Waals surface area contributed by atoms with Crippen LogP contribution in [0.25, 0.3) is 0 Å². The van der Waals surface area contributed by atoms with Gasteiger partial charge in [-0.15, -0.1) is 35.3 Å². The number of methoxy groups -OCH3 is 1. The number of hydrogen-bond donors (Lipinski definition) is 1. The van der Waals surface area contributed by atoms with Gasteiger partial charge in [-0.05, 0) is 45.6 Å². The van der Waals surface area contributed by atoms with Gasteiger partial charge in [-0.3, -0.25) is 4.99 Å². The van der Waals surface area contributed by atoms with Crippen LogP contribution in [0.2, 0.25) is 0 Å². The summed E-state index contributed by atoms with van der Waals surface area (Å²) in [6.45, 7) is 6.33. The number of aryl methyl sites for hydroxylation is 1. The molecule has 2 aromatic rings. The third kappa shape index (κ3) is 7.21. The molecular formula is C20H32IN5OS. The van der Waals surface area contributed by atoms with Crippen molar-refractivity contribution < 1.29 is 4.74 Å². The van der Waals surface area contributed by atoms with Crippen LogP contribution in [0.5, 0.6) is 5.75 Å². The molecule has 8 heteroatoms. The Balaban J connectivity index is 0.00000392. The van der Waals surface area contributed by atoms with Crippen molar-refractivity contribution in [2.75, 3.05) is 41.3 Å². The Kier molecular flexibility index (Phi) is 10.8. The van der Waals surface area contributed by atoms with Gasteiger partial charge < -0.3 is 19.9 Å². The third-order valence-electron chi connectivity index (χ3n) is 4.28. The van der Waals surface area contributed by atoms with Gasteiger partial charge in [0, 0.05) is 19.0 Å². The molecule has 1 heterocycles. The molecule has 156 valence electrons. The molecule has 0 saturated heterocycles. The summed E-state index contributed by atoms with van der Waals surface area (Å²) in [4.78, 5) is 13.8. The molecule has 0 fully saturated rings. The van der Waals surface area contributed by atoms with Crippen molar-refractivity contribution in [3.05, 3.63) is 45.9 Å². The van der Waals surface area contributed by atoms with E-state index in [4.69, 9.17) is 9.73 Å². The van der Waals surface area contributed by atoms with E-state index in [2.05, 4.69) is 58.6 Å². The standard InChI is InChI=1S/C20H31N5OS.HI/c1-7-21-20(25(5)13-17-14-27-15(2)23-17)22-12-19(24(3)4)16-9-8-10-18(11-16)26-6;/h8-11,14,19H,7,12-13H2,1-6H3,(H,21,22);1H. The predicted molar refractivity (Wildman–Crippen MR) is 129 cm³/mol. The summed E-state index contributed by atoms with van der Waals surface area (Å²) in [5.74, 6) is 1.75. The molecule has 0 spiro atoms. The Morgan fingerprint density at radius 2 is 2.07 bits per heavy atom. The lowest BCUT2D eigenvalue weighted by Gasteiger charge is -2.26. The predicted octanol–water partition coefficient (Wildman–Crippen LogP) is 3.78. The van der Waals surface area contributed by atoms with Crippen molar-refractivity contribution in [1.82, 2.24) is 20.1 Å². The van der Waals surface area contributed by atoms with Crippen molar-refractivity contribution in [2.45, 2.75) is 26.4 Å². The van der Waals surface area contributed by atoms with E-state index in [1.807, 2.05) is 26.1 Å². The molecule has 2 rings (SSSR count). The number of nitrogens with one attached hydrogen (secondary N) is 1. The second-order valence-corrected chi connectivity index (χ2v) is 7.73. The molecule has 1 aromatic heterocycles. The Morgan fingerprint density at radius 1 is 1.32 bits per heavy atom. The van der Waals surface area contributed by atoms with Crippen molar-refractivity contribution in [2.24, 2.45) is 4.99 Å². The summed E-state index contributed by atoms with van der Waals surface area (Å²) in [5, 5.41) is 6.58. The Morgan fingerprint density at radius 3 is 2.64 bits per heavy atom. The zero-order chi connectivity index (χ0) is 19.8. The fourth-order valence-electron chi connectivity index (χ4n) is 2.86. The van der Waals surface area contributed by atoms with Gasteiger partial charge >= 0.3 is 0 Å². The quantitative estimate of drug-likeness (QED) is 0.328. The van der Waals surface area contributed by atoms with Gasteiger partial charge in [0.05, 0.1) is 36.9 Å². The lowest BCUT2D eigenvalue weighted by atomic mass is 10.1. The van der Waals surface area contributed by atoms with Crippen molar-refractivity contribution in [3.63, 3.8) is 0 Å². The van der Waals surface area contributed by atoms with Gasteiger partial charge in [-0.1, -0.05) is 12.1 Å². The number of benzene rings is 1. The van der Waals surface area contributed by atoms with E-state index in [1.165, 1.54) is 5.56 Å². The second-order valence-electron chi connectivity index (χ2n) is 6.66.